The molecule has 3 aromatic rings. The van der Waals surface area contributed by atoms with Crippen LogP contribution in [0.15, 0.2) is 41.8 Å². The summed E-state index contributed by atoms with van der Waals surface area (Å²) in [6.07, 6.45) is 3.40. The summed E-state index contributed by atoms with van der Waals surface area (Å²) >= 11 is 0. The summed E-state index contributed by atoms with van der Waals surface area (Å²) in [5.74, 6) is -2.05. The van der Waals surface area contributed by atoms with E-state index in [2.05, 4.69) is 15.4 Å². The SMILES string of the molecule is CNCc1cn(S(=O)(=O)c2cnn(C(F)F)c2)c(-c2cccnc2F)c1F.Cl. The third-order valence-electron chi connectivity index (χ3n) is 3.70. The van der Waals surface area contributed by atoms with E-state index in [0.717, 1.165) is 12.4 Å². The molecule has 0 aromatic carbocycles. The van der Waals surface area contributed by atoms with Gasteiger partial charge in [0.25, 0.3) is 10.0 Å². The third kappa shape index (κ3) is 3.75. The zero-order valence-electron chi connectivity index (χ0n) is 14.2. The standard InChI is InChI=1S/C15H13F4N5O2S.ClH/c1-20-5-9-7-24(13(12(9)16)11-3-2-4-21-14(11)17)27(25,26)10-6-22-23(8-10)15(18)19;/h2-4,6-8,15,20H,5H2,1H3;1H. The van der Waals surface area contributed by atoms with Crippen molar-refractivity contribution in [2.24, 2.45) is 0 Å². The zero-order valence-corrected chi connectivity index (χ0v) is 15.8. The first-order valence-electron chi connectivity index (χ1n) is 7.50. The van der Waals surface area contributed by atoms with Crippen LogP contribution in [0.4, 0.5) is 17.6 Å². The fourth-order valence-electron chi connectivity index (χ4n) is 2.49. The molecule has 0 aliphatic carbocycles. The number of halogens is 5. The first kappa shape index (κ1) is 21.9. The van der Waals surface area contributed by atoms with Gasteiger partial charge in [-0.25, -0.2) is 26.4 Å². The Bertz CT molecular complexity index is 1080. The average Bonchev–Trinajstić information content (AvgIpc) is 3.23. The number of hydrogen-bond acceptors (Lipinski definition) is 5. The van der Waals surface area contributed by atoms with Gasteiger partial charge in [0.1, 0.15) is 10.6 Å². The summed E-state index contributed by atoms with van der Waals surface area (Å²) in [5.41, 5.74) is -1.03. The van der Waals surface area contributed by atoms with Gasteiger partial charge in [-0.15, -0.1) is 12.4 Å². The Balaban J connectivity index is 0.00000280. The fraction of sp³-hybridized carbons (Fsp3) is 0.200. The van der Waals surface area contributed by atoms with E-state index in [0.29, 0.717) is 16.4 Å². The van der Waals surface area contributed by atoms with E-state index in [-0.39, 0.29) is 34.8 Å². The fourth-order valence-corrected chi connectivity index (χ4v) is 3.82. The Labute approximate surface area is 163 Å². The van der Waals surface area contributed by atoms with Gasteiger partial charge in [-0.1, -0.05) is 0 Å². The molecule has 0 aliphatic rings. The van der Waals surface area contributed by atoms with Crippen molar-refractivity contribution in [1.29, 1.82) is 0 Å². The summed E-state index contributed by atoms with van der Waals surface area (Å²) in [5, 5.41) is 5.94. The molecular weight excluding hydrogens is 426 g/mol. The summed E-state index contributed by atoms with van der Waals surface area (Å²) in [7, 11) is -3.01. The molecule has 0 atom stereocenters. The smallest absolute Gasteiger partial charge is 0.316 e. The van der Waals surface area contributed by atoms with Crippen molar-refractivity contribution in [3.05, 3.63) is 54.2 Å². The molecule has 13 heteroatoms. The van der Waals surface area contributed by atoms with Gasteiger partial charge in [0, 0.05) is 24.5 Å². The second-order valence-corrected chi connectivity index (χ2v) is 7.24. The van der Waals surface area contributed by atoms with Crippen LogP contribution in [-0.4, -0.2) is 34.2 Å². The maximum Gasteiger partial charge on any atom is 0.333 e. The van der Waals surface area contributed by atoms with E-state index >= 15 is 0 Å². The average molecular weight is 440 g/mol. The minimum atomic E-state index is -4.53. The minimum absolute atomic E-state index is 0. The van der Waals surface area contributed by atoms with Crippen LogP contribution >= 0.6 is 12.4 Å². The van der Waals surface area contributed by atoms with Crippen molar-refractivity contribution in [1.82, 2.24) is 24.1 Å². The van der Waals surface area contributed by atoms with Crippen LogP contribution in [-0.2, 0) is 16.6 Å². The molecule has 28 heavy (non-hydrogen) atoms. The van der Waals surface area contributed by atoms with Crippen LogP contribution < -0.4 is 5.32 Å². The largest absolute Gasteiger partial charge is 0.333 e. The normalized spacial score (nSPS) is 11.6. The highest BCUT2D eigenvalue weighted by atomic mass is 35.5. The zero-order chi connectivity index (χ0) is 19.8. The van der Waals surface area contributed by atoms with Gasteiger partial charge in [0.2, 0.25) is 5.95 Å². The van der Waals surface area contributed by atoms with Gasteiger partial charge in [-0.05, 0) is 19.2 Å². The van der Waals surface area contributed by atoms with Gasteiger partial charge in [0.15, 0.2) is 5.82 Å². The lowest BCUT2D eigenvalue weighted by molar-refractivity contribution is 0.0564. The number of nitrogens with zero attached hydrogens (tertiary/aromatic N) is 4. The molecule has 0 amide bonds. The molecule has 3 aromatic heterocycles. The monoisotopic (exact) mass is 439 g/mol. The molecule has 0 saturated carbocycles. The maximum absolute atomic E-state index is 14.9. The molecule has 0 spiro atoms. The lowest BCUT2D eigenvalue weighted by Crippen LogP contribution is -2.14. The molecule has 0 unspecified atom stereocenters. The van der Waals surface area contributed by atoms with Crippen molar-refractivity contribution in [3.63, 3.8) is 0 Å². The van der Waals surface area contributed by atoms with Crippen LogP contribution in [0.3, 0.4) is 0 Å². The predicted octanol–water partition coefficient (Wildman–Crippen LogP) is 2.80. The van der Waals surface area contributed by atoms with E-state index in [9.17, 15) is 26.0 Å². The molecule has 0 saturated heterocycles. The van der Waals surface area contributed by atoms with Crippen molar-refractivity contribution < 1.29 is 26.0 Å². The van der Waals surface area contributed by atoms with E-state index in [1.807, 2.05) is 0 Å². The Morgan fingerprint density at radius 1 is 1.25 bits per heavy atom. The summed E-state index contributed by atoms with van der Waals surface area (Å²) in [6, 6.07) is 2.48. The van der Waals surface area contributed by atoms with Crippen LogP contribution in [0, 0.1) is 11.8 Å². The van der Waals surface area contributed by atoms with E-state index in [1.54, 1.807) is 0 Å². The third-order valence-corrected chi connectivity index (χ3v) is 5.31. The van der Waals surface area contributed by atoms with Crippen molar-refractivity contribution in [2.75, 3.05) is 7.05 Å². The Morgan fingerprint density at radius 2 is 1.96 bits per heavy atom. The van der Waals surface area contributed by atoms with Crippen molar-refractivity contribution in [2.45, 2.75) is 18.0 Å². The molecule has 7 nitrogen and oxygen atoms in total. The van der Waals surface area contributed by atoms with Crippen molar-refractivity contribution >= 4 is 22.4 Å². The molecule has 152 valence electrons. The molecule has 0 bridgehead atoms. The first-order valence-corrected chi connectivity index (χ1v) is 8.94. The number of rotatable bonds is 6. The molecule has 0 aliphatic heterocycles. The molecular formula is C15H14ClF4N5O2S. The quantitative estimate of drug-likeness (QED) is 0.472. The molecule has 3 rings (SSSR count). The molecule has 1 N–H and O–H groups in total. The minimum Gasteiger partial charge on any atom is -0.316 e. The first-order chi connectivity index (χ1) is 12.8. The number of pyridine rings is 1. The highest BCUT2D eigenvalue weighted by Gasteiger charge is 2.29. The van der Waals surface area contributed by atoms with E-state index < -0.39 is 38.9 Å². The van der Waals surface area contributed by atoms with Crippen LogP contribution in [0.5, 0.6) is 0 Å². The Morgan fingerprint density at radius 3 is 2.54 bits per heavy atom. The van der Waals surface area contributed by atoms with Gasteiger partial charge >= 0.3 is 6.55 Å². The number of hydrogen-bond donors (Lipinski definition) is 1. The Kier molecular flexibility index (Phi) is 6.47. The predicted molar refractivity (Wildman–Crippen MR) is 93.7 cm³/mol. The van der Waals surface area contributed by atoms with Gasteiger partial charge in [-0.3, -0.25) is 0 Å². The topological polar surface area (TPSA) is 81.8 Å². The second kappa shape index (κ2) is 8.29. The van der Waals surface area contributed by atoms with Gasteiger partial charge in [-0.2, -0.15) is 18.3 Å². The number of nitrogens with one attached hydrogen (secondary N) is 1. The van der Waals surface area contributed by atoms with E-state index in [1.165, 1.54) is 19.2 Å². The lowest BCUT2D eigenvalue weighted by atomic mass is 10.2. The second-order valence-electron chi connectivity index (χ2n) is 5.42. The summed E-state index contributed by atoms with van der Waals surface area (Å²) in [6.45, 7) is -3.09. The summed E-state index contributed by atoms with van der Waals surface area (Å²) < 4.78 is 80.8. The molecule has 0 fully saturated rings. The van der Waals surface area contributed by atoms with Crippen LogP contribution in [0.25, 0.3) is 11.3 Å². The van der Waals surface area contributed by atoms with Gasteiger partial charge < -0.3 is 5.32 Å². The van der Waals surface area contributed by atoms with Crippen molar-refractivity contribution in [3.8, 4) is 11.3 Å². The highest BCUT2D eigenvalue weighted by molar-refractivity contribution is 7.90. The van der Waals surface area contributed by atoms with Crippen LogP contribution in [0.1, 0.15) is 12.1 Å². The lowest BCUT2D eigenvalue weighted by Gasteiger charge is -2.09. The number of alkyl halides is 2. The molecule has 3 heterocycles. The maximum atomic E-state index is 14.9. The molecule has 0 radical (unpaired) electrons. The van der Waals surface area contributed by atoms with Crippen LogP contribution in [0.2, 0.25) is 0 Å². The Hall–Kier alpha value is -2.44. The van der Waals surface area contributed by atoms with Gasteiger partial charge in [0.05, 0.1) is 18.0 Å². The summed E-state index contributed by atoms with van der Waals surface area (Å²) in [4.78, 5) is 2.80. The number of aromatic nitrogens is 4. The van der Waals surface area contributed by atoms with E-state index in [4.69, 9.17) is 0 Å². The highest BCUT2D eigenvalue weighted by Crippen LogP contribution is 2.32.